The van der Waals surface area contributed by atoms with Gasteiger partial charge in [0.15, 0.2) is 9.84 Å². The van der Waals surface area contributed by atoms with Crippen LogP contribution >= 0.6 is 0 Å². The molecule has 1 aromatic carbocycles. The summed E-state index contributed by atoms with van der Waals surface area (Å²) in [6.07, 6.45) is 2.25. The van der Waals surface area contributed by atoms with Crippen LogP contribution in [0.1, 0.15) is 25.1 Å². The summed E-state index contributed by atoms with van der Waals surface area (Å²) in [5.41, 5.74) is 0.762. The minimum Gasteiger partial charge on any atom is -0.334 e. The zero-order chi connectivity index (χ0) is 16.4. The second-order valence-corrected chi connectivity index (χ2v) is 8.12. The second-order valence-electron chi connectivity index (χ2n) is 5.90. The van der Waals surface area contributed by atoms with E-state index in [9.17, 15) is 13.2 Å². The van der Waals surface area contributed by atoms with Crippen LogP contribution in [0, 0.1) is 0 Å². The second kappa shape index (κ2) is 6.16. The monoisotopic (exact) mass is 333 g/mol. The van der Waals surface area contributed by atoms with Gasteiger partial charge in [0, 0.05) is 17.6 Å². The van der Waals surface area contributed by atoms with Crippen LogP contribution in [0.25, 0.3) is 10.8 Å². The van der Waals surface area contributed by atoms with Gasteiger partial charge in [0.2, 0.25) is 0 Å². The molecule has 2 atom stereocenters. The van der Waals surface area contributed by atoms with Crippen molar-refractivity contribution in [3.63, 3.8) is 0 Å². The fourth-order valence-corrected chi connectivity index (χ4v) is 4.42. The van der Waals surface area contributed by atoms with Crippen molar-refractivity contribution in [3.8, 4) is 0 Å². The van der Waals surface area contributed by atoms with E-state index >= 15 is 0 Å². The molecular weight excluding hydrogens is 314 g/mol. The SMILES string of the molecule is CC(NC(=O)NC1CCS(=O)(=O)C1)c1cc2ccccc2cn1. The third-order valence-corrected chi connectivity index (χ3v) is 5.78. The summed E-state index contributed by atoms with van der Waals surface area (Å²) in [7, 11) is -3.00. The molecule has 122 valence electrons. The largest absolute Gasteiger partial charge is 0.334 e. The first-order valence-corrected chi connectivity index (χ1v) is 9.37. The Bertz CT molecular complexity index is 835. The zero-order valence-corrected chi connectivity index (χ0v) is 13.6. The molecular formula is C16H19N3O3S. The summed E-state index contributed by atoms with van der Waals surface area (Å²) in [6, 6.07) is 8.89. The van der Waals surface area contributed by atoms with E-state index < -0.39 is 9.84 Å². The Labute approximate surface area is 135 Å². The molecule has 2 aromatic rings. The molecule has 0 bridgehead atoms. The fraction of sp³-hybridized carbons (Fsp3) is 0.375. The molecule has 23 heavy (non-hydrogen) atoms. The molecule has 1 aromatic heterocycles. The van der Waals surface area contributed by atoms with Crippen molar-refractivity contribution >= 4 is 26.6 Å². The summed E-state index contributed by atoms with van der Waals surface area (Å²) < 4.78 is 22.8. The molecule has 0 radical (unpaired) electrons. The van der Waals surface area contributed by atoms with Crippen molar-refractivity contribution in [3.05, 3.63) is 42.2 Å². The highest BCUT2D eigenvalue weighted by atomic mass is 32.2. The minimum atomic E-state index is -3.00. The number of carbonyl (C=O) groups is 1. The summed E-state index contributed by atoms with van der Waals surface area (Å²) >= 11 is 0. The average molecular weight is 333 g/mol. The number of hydrogen-bond donors (Lipinski definition) is 2. The third-order valence-electron chi connectivity index (χ3n) is 4.01. The Hall–Kier alpha value is -2.15. The summed E-state index contributed by atoms with van der Waals surface area (Å²) in [5.74, 6) is 0.156. The zero-order valence-electron chi connectivity index (χ0n) is 12.8. The van der Waals surface area contributed by atoms with E-state index in [1.54, 1.807) is 6.20 Å². The Morgan fingerprint density at radius 1 is 1.30 bits per heavy atom. The van der Waals surface area contributed by atoms with Crippen LogP contribution in [0.4, 0.5) is 4.79 Å². The number of nitrogens with one attached hydrogen (secondary N) is 2. The topological polar surface area (TPSA) is 88.2 Å². The first kappa shape index (κ1) is 15.7. The molecule has 1 aliphatic rings. The van der Waals surface area contributed by atoms with Gasteiger partial charge in [-0.3, -0.25) is 4.98 Å². The standard InChI is InChI=1S/C16H19N3O3S/c1-11(15-8-12-4-2-3-5-13(12)9-17-15)18-16(20)19-14-6-7-23(21,22)10-14/h2-5,8-9,11,14H,6-7,10H2,1H3,(H2,18,19,20). The number of rotatable bonds is 3. The maximum Gasteiger partial charge on any atom is 0.315 e. The van der Waals surface area contributed by atoms with Crippen LogP contribution in [0.5, 0.6) is 0 Å². The molecule has 0 saturated carbocycles. The van der Waals surface area contributed by atoms with Gasteiger partial charge < -0.3 is 10.6 Å². The number of urea groups is 1. The highest BCUT2D eigenvalue weighted by Crippen LogP contribution is 2.18. The number of nitrogens with zero attached hydrogens (tertiary/aromatic N) is 1. The van der Waals surface area contributed by atoms with E-state index in [1.807, 2.05) is 37.3 Å². The molecule has 6 nitrogen and oxygen atoms in total. The number of hydrogen-bond acceptors (Lipinski definition) is 4. The quantitative estimate of drug-likeness (QED) is 0.896. The molecule has 2 N–H and O–H groups in total. The summed E-state index contributed by atoms with van der Waals surface area (Å²) in [4.78, 5) is 16.4. The van der Waals surface area contributed by atoms with Gasteiger partial charge in [-0.2, -0.15) is 0 Å². The lowest BCUT2D eigenvalue weighted by Gasteiger charge is -2.17. The number of pyridine rings is 1. The maximum absolute atomic E-state index is 12.0. The van der Waals surface area contributed by atoms with Crippen LogP contribution in [0.15, 0.2) is 36.5 Å². The van der Waals surface area contributed by atoms with Crippen LogP contribution in [0.3, 0.4) is 0 Å². The maximum atomic E-state index is 12.0. The predicted molar refractivity (Wildman–Crippen MR) is 88.9 cm³/mol. The number of benzene rings is 1. The normalized spacial score (nSPS) is 21.0. The molecule has 2 amide bonds. The highest BCUT2D eigenvalue weighted by Gasteiger charge is 2.29. The third kappa shape index (κ3) is 3.79. The number of sulfone groups is 1. The first-order chi connectivity index (χ1) is 10.9. The Morgan fingerprint density at radius 2 is 2.04 bits per heavy atom. The minimum absolute atomic E-state index is 0.0169. The lowest BCUT2D eigenvalue weighted by molar-refractivity contribution is 0.235. The molecule has 1 aliphatic heterocycles. The Balaban J connectivity index is 1.63. The van der Waals surface area contributed by atoms with E-state index in [4.69, 9.17) is 0 Å². The first-order valence-electron chi connectivity index (χ1n) is 7.55. The van der Waals surface area contributed by atoms with Gasteiger partial charge >= 0.3 is 6.03 Å². The van der Waals surface area contributed by atoms with Crippen molar-refractivity contribution in [2.24, 2.45) is 0 Å². The molecule has 1 saturated heterocycles. The molecule has 7 heteroatoms. The molecule has 0 spiro atoms. The van der Waals surface area contributed by atoms with Gasteiger partial charge in [0.25, 0.3) is 0 Å². The molecule has 2 unspecified atom stereocenters. The van der Waals surface area contributed by atoms with Crippen molar-refractivity contribution < 1.29 is 13.2 Å². The van der Waals surface area contributed by atoms with Crippen LogP contribution < -0.4 is 10.6 Å². The highest BCUT2D eigenvalue weighted by molar-refractivity contribution is 7.91. The summed E-state index contributed by atoms with van der Waals surface area (Å²) in [6.45, 7) is 1.85. The summed E-state index contributed by atoms with van der Waals surface area (Å²) in [5, 5.41) is 7.63. The van der Waals surface area contributed by atoms with Crippen molar-refractivity contribution in [1.82, 2.24) is 15.6 Å². The van der Waals surface area contributed by atoms with E-state index in [0.717, 1.165) is 16.5 Å². The van der Waals surface area contributed by atoms with Gasteiger partial charge in [0.05, 0.1) is 23.2 Å². The van der Waals surface area contributed by atoms with E-state index in [2.05, 4.69) is 15.6 Å². The van der Waals surface area contributed by atoms with Gasteiger partial charge in [0.1, 0.15) is 0 Å². The average Bonchev–Trinajstić information content (AvgIpc) is 2.85. The number of amides is 2. The molecule has 3 rings (SSSR count). The van der Waals surface area contributed by atoms with E-state index in [0.29, 0.717) is 6.42 Å². The smallest absolute Gasteiger partial charge is 0.315 e. The lowest BCUT2D eigenvalue weighted by atomic mass is 10.1. The van der Waals surface area contributed by atoms with Gasteiger partial charge in [-0.05, 0) is 24.8 Å². The van der Waals surface area contributed by atoms with Crippen LogP contribution in [-0.2, 0) is 9.84 Å². The molecule has 0 aliphatic carbocycles. The predicted octanol–water partition coefficient (Wildman–Crippen LogP) is 1.78. The van der Waals surface area contributed by atoms with Gasteiger partial charge in [-0.15, -0.1) is 0 Å². The Kier molecular flexibility index (Phi) is 4.21. The van der Waals surface area contributed by atoms with Crippen molar-refractivity contribution in [2.45, 2.75) is 25.4 Å². The number of aromatic nitrogens is 1. The fourth-order valence-electron chi connectivity index (χ4n) is 2.74. The van der Waals surface area contributed by atoms with Crippen LogP contribution in [-0.4, -0.2) is 37.0 Å². The van der Waals surface area contributed by atoms with Crippen molar-refractivity contribution in [2.75, 3.05) is 11.5 Å². The van der Waals surface area contributed by atoms with E-state index in [1.165, 1.54) is 0 Å². The van der Waals surface area contributed by atoms with Gasteiger partial charge in [-0.1, -0.05) is 24.3 Å². The number of fused-ring (bicyclic) bond motifs is 1. The molecule has 2 heterocycles. The van der Waals surface area contributed by atoms with Gasteiger partial charge in [-0.25, -0.2) is 13.2 Å². The van der Waals surface area contributed by atoms with E-state index in [-0.39, 0.29) is 29.6 Å². The lowest BCUT2D eigenvalue weighted by Crippen LogP contribution is -2.43. The Morgan fingerprint density at radius 3 is 2.74 bits per heavy atom. The number of carbonyl (C=O) groups excluding carboxylic acids is 1. The van der Waals surface area contributed by atoms with Crippen LogP contribution in [0.2, 0.25) is 0 Å². The van der Waals surface area contributed by atoms with Crippen molar-refractivity contribution in [1.29, 1.82) is 0 Å². The molecule has 1 fully saturated rings.